The number of pyridine rings is 1. The van der Waals surface area contributed by atoms with Crippen molar-refractivity contribution in [1.29, 1.82) is 0 Å². The zero-order valence-corrected chi connectivity index (χ0v) is 20.1. The molecule has 1 aliphatic rings. The van der Waals surface area contributed by atoms with E-state index in [4.69, 9.17) is 16.3 Å². The van der Waals surface area contributed by atoms with Crippen molar-refractivity contribution in [3.8, 4) is 5.88 Å². The first-order chi connectivity index (χ1) is 15.9. The van der Waals surface area contributed by atoms with Crippen LogP contribution in [-0.4, -0.2) is 44.5 Å². The molecule has 174 valence electrons. The van der Waals surface area contributed by atoms with Gasteiger partial charge in [-0.1, -0.05) is 11.6 Å². The van der Waals surface area contributed by atoms with Crippen molar-refractivity contribution in [2.75, 3.05) is 25.9 Å². The molecule has 0 bridgehead atoms. The highest BCUT2D eigenvalue weighted by molar-refractivity contribution is 8.00. The Bertz CT molecular complexity index is 1160. The van der Waals surface area contributed by atoms with Crippen LogP contribution in [0, 0.1) is 11.6 Å². The standard InChI is InChI=1S/C21H18ClF2N5OS.CH5N/c1-11-14(5-12(9-25-2)20(26-3)28-11)15-7-18(17(24)8-16(15)23)29-31-19-6-13(22)10-27-21(19)30-4;1-2/h5-10,29H,2H2,1,3-4H3;2H2,1H3/b12-9-,26-20?;. The summed E-state index contributed by atoms with van der Waals surface area (Å²) >= 11 is 7.02. The lowest BCUT2D eigenvalue weighted by Crippen LogP contribution is -2.12. The van der Waals surface area contributed by atoms with Crippen molar-refractivity contribution < 1.29 is 13.5 Å². The highest BCUT2D eigenvalue weighted by Crippen LogP contribution is 2.34. The molecule has 0 spiro atoms. The van der Waals surface area contributed by atoms with E-state index in [0.29, 0.717) is 38.5 Å². The SMILES string of the molecule is C=N/C=C1/C=C(c2cc(NSc3cc(Cl)cnc3OC)c(F)cc2F)C(C)=NC1=NC.CN. The van der Waals surface area contributed by atoms with Gasteiger partial charge in [-0.25, -0.2) is 18.8 Å². The monoisotopic (exact) mass is 492 g/mol. The molecule has 0 atom stereocenters. The fourth-order valence-electron chi connectivity index (χ4n) is 2.83. The summed E-state index contributed by atoms with van der Waals surface area (Å²) in [6.07, 6.45) is 4.61. The van der Waals surface area contributed by atoms with E-state index in [0.717, 1.165) is 18.0 Å². The van der Waals surface area contributed by atoms with Crippen molar-refractivity contribution in [2.45, 2.75) is 11.8 Å². The maximum atomic E-state index is 14.7. The molecule has 0 aliphatic carbocycles. The van der Waals surface area contributed by atoms with E-state index in [9.17, 15) is 8.78 Å². The first-order valence-electron chi connectivity index (χ1n) is 9.48. The summed E-state index contributed by atoms with van der Waals surface area (Å²) in [6, 6.07) is 3.82. The van der Waals surface area contributed by atoms with Gasteiger partial charge in [-0.15, -0.1) is 0 Å². The van der Waals surface area contributed by atoms with E-state index in [1.165, 1.54) is 32.6 Å². The first-order valence-corrected chi connectivity index (χ1v) is 10.7. The molecule has 3 rings (SSSR count). The number of methoxy groups -OCH3 is 1. The molecule has 2 heterocycles. The summed E-state index contributed by atoms with van der Waals surface area (Å²) in [6.45, 7) is 5.16. The second-order valence-corrected chi connectivity index (χ2v) is 7.53. The minimum Gasteiger partial charge on any atom is -0.480 e. The number of dihydropyridines is 1. The number of hydrogen-bond donors (Lipinski definition) is 2. The number of ether oxygens (including phenoxy) is 1. The average molecular weight is 493 g/mol. The Morgan fingerprint density at radius 3 is 2.61 bits per heavy atom. The molecule has 2 aromatic rings. The number of nitrogens with one attached hydrogen (secondary N) is 1. The number of allylic oxidation sites excluding steroid dienone is 1. The lowest BCUT2D eigenvalue weighted by atomic mass is 9.95. The van der Waals surface area contributed by atoms with Gasteiger partial charge in [0.15, 0.2) is 5.84 Å². The highest BCUT2D eigenvalue weighted by Gasteiger charge is 2.21. The molecule has 3 N–H and O–H groups in total. The van der Waals surface area contributed by atoms with E-state index in [1.54, 1.807) is 26.1 Å². The zero-order valence-electron chi connectivity index (χ0n) is 18.5. The van der Waals surface area contributed by atoms with E-state index in [2.05, 4.69) is 37.1 Å². The number of benzene rings is 1. The Morgan fingerprint density at radius 2 is 1.97 bits per heavy atom. The van der Waals surface area contributed by atoms with Crippen LogP contribution in [0.5, 0.6) is 5.88 Å². The highest BCUT2D eigenvalue weighted by atomic mass is 35.5. The predicted octanol–water partition coefficient (Wildman–Crippen LogP) is 5.19. The van der Waals surface area contributed by atoms with Crippen molar-refractivity contribution in [3.05, 3.63) is 64.5 Å². The molecule has 0 unspecified atom stereocenters. The third-order valence-electron chi connectivity index (χ3n) is 4.26. The molecule has 0 fully saturated rings. The lowest BCUT2D eigenvalue weighted by Gasteiger charge is -2.17. The Balaban J connectivity index is 0.00000187. The van der Waals surface area contributed by atoms with Gasteiger partial charge in [-0.3, -0.25) is 9.98 Å². The van der Waals surface area contributed by atoms with Crippen molar-refractivity contribution in [3.63, 3.8) is 0 Å². The molecule has 0 saturated heterocycles. The molecular formula is C22H23ClF2N6OS. The molecule has 7 nitrogen and oxygen atoms in total. The van der Waals surface area contributed by atoms with Gasteiger partial charge >= 0.3 is 0 Å². The summed E-state index contributed by atoms with van der Waals surface area (Å²) in [5, 5.41) is 0.396. The average Bonchev–Trinajstić information content (AvgIpc) is 2.81. The van der Waals surface area contributed by atoms with Crippen LogP contribution in [0.4, 0.5) is 14.5 Å². The number of nitrogens with two attached hydrogens (primary N) is 1. The predicted molar refractivity (Wildman–Crippen MR) is 134 cm³/mol. The van der Waals surface area contributed by atoms with Gasteiger partial charge in [-0.05, 0) is 50.8 Å². The largest absolute Gasteiger partial charge is 0.480 e. The smallest absolute Gasteiger partial charge is 0.228 e. The molecule has 11 heteroatoms. The van der Waals surface area contributed by atoms with Crippen molar-refractivity contribution >= 4 is 53.1 Å². The summed E-state index contributed by atoms with van der Waals surface area (Å²) in [4.78, 5) is 16.8. The van der Waals surface area contributed by atoms with Crippen molar-refractivity contribution in [1.82, 2.24) is 4.98 Å². The molecule has 1 aliphatic heterocycles. The van der Waals surface area contributed by atoms with Crippen LogP contribution in [0.3, 0.4) is 0 Å². The van der Waals surface area contributed by atoms with Gasteiger partial charge in [0.25, 0.3) is 0 Å². The molecule has 1 aromatic carbocycles. The number of anilines is 1. The number of amidine groups is 1. The molecule has 0 radical (unpaired) electrons. The summed E-state index contributed by atoms with van der Waals surface area (Å²) in [7, 11) is 4.56. The fraction of sp³-hybridized carbons (Fsp3) is 0.182. The minimum atomic E-state index is -0.756. The number of aromatic nitrogens is 1. The Morgan fingerprint density at radius 1 is 1.24 bits per heavy atom. The van der Waals surface area contributed by atoms with E-state index >= 15 is 0 Å². The van der Waals surface area contributed by atoms with Gasteiger partial charge < -0.3 is 15.2 Å². The van der Waals surface area contributed by atoms with Crippen molar-refractivity contribution in [2.24, 2.45) is 20.7 Å². The Labute approximate surface area is 200 Å². The second kappa shape index (κ2) is 12.2. The number of hydrogen-bond acceptors (Lipinski definition) is 7. The summed E-state index contributed by atoms with van der Waals surface area (Å²) in [5.74, 6) is -0.710. The third-order valence-corrected chi connectivity index (χ3v) is 5.30. The molecule has 33 heavy (non-hydrogen) atoms. The molecular weight excluding hydrogens is 470 g/mol. The van der Waals surface area contributed by atoms with Crippen LogP contribution in [0.2, 0.25) is 5.02 Å². The Hall–Kier alpha value is -3.08. The molecule has 0 amide bonds. The topological polar surface area (TPSA) is 97.2 Å². The molecule has 1 aromatic heterocycles. The van der Waals surface area contributed by atoms with Crippen LogP contribution in [0.25, 0.3) is 5.57 Å². The normalized spacial score (nSPS) is 15.4. The minimum absolute atomic E-state index is 0.0689. The number of aliphatic imine (C=N–C) groups is 3. The number of nitrogens with zero attached hydrogens (tertiary/aromatic N) is 4. The van der Waals surface area contributed by atoms with E-state index in [1.807, 2.05) is 0 Å². The van der Waals surface area contributed by atoms with Crippen LogP contribution < -0.4 is 15.2 Å². The van der Waals surface area contributed by atoms with Gasteiger partial charge in [0, 0.05) is 47.9 Å². The molecule has 0 saturated carbocycles. The van der Waals surface area contributed by atoms with Gasteiger partial charge in [-0.2, -0.15) is 0 Å². The van der Waals surface area contributed by atoms with E-state index in [-0.39, 0.29) is 11.3 Å². The quantitative estimate of drug-likeness (QED) is 0.427. The van der Waals surface area contributed by atoms with Gasteiger partial charge in [0.1, 0.15) is 11.6 Å². The van der Waals surface area contributed by atoms with Crippen LogP contribution >= 0.6 is 23.5 Å². The first kappa shape index (κ1) is 26.2. The van der Waals surface area contributed by atoms with Gasteiger partial charge in [0.05, 0.1) is 22.7 Å². The van der Waals surface area contributed by atoms with Gasteiger partial charge in [0.2, 0.25) is 5.88 Å². The number of rotatable bonds is 6. The summed E-state index contributed by atoms with van der Waals surface area (Å²) < 4.78 is 37.3. The third kappa shape index (κ3) is 6.25. The number of halogens is 3. The van der Waals surface area contributed by atoms with Crippen LogP contribution in [-0.2, 0) is 0 Å². The lowest BCUT2D eigenvalue weighted by molar-refractivity contribution is 0.387. The van der Waals surface area contributed by atoms with E-state index < -0.39 is 11.6 Å². The second-order valence-electron chi connectivity index (χ2n) is 6.25. The van der Waals surface area contributed by atoms with Crippen LogP contribution in [0.1, 0.15) is 12.5 Å². The maximum absolute atomic E-state index is 14.7. The Kier molecular flexibility index (Phi) is 9.71. The summed E-state index contributed by atoms with van der Waals surface area (Å²) in [5.41, 5.74) is 6.33. The van der Waals surface area contributed by atoms with Crippen LogP contribution in [0.15, 0.2) is 62.1 Å². The maximum Gasteiger partial charge on any atom is 0.228 e. The zero-order chi connectivity index (χ0) is 24.5. The fourth-order valence-corrected chi connectivity index (χ4v) is 3.84.